The van der Waals surface area contributed by atoms with Gasteiger partial charge in [-0.3, -0.25) is 0 Å². The number of hydrogen-bond acceptors (Lipinski definition) is 2. The van der Waals surface area contributed by atoms with E-state index in [9.17, 15) is 0 Å². The molecule has 0 saturated heterocycles. The van der Waals surface area contributed by atoms with Crippen LogP contribution >= 0.6 is 11.8 Å². The fourth-order valence-electron chi connectivity index (χ4n) is 1.50. The summed E-state index contributed by atoms with van der Waals surface area (Å²) in [5.74, 6) is 2.20. The number of aromatic amines is 1. The van der Waals surface area contributed by atoms with Crippen molar-refractivity contribution in [2.45, 2.75) is 12.7 Å². The van der Waals surface area contributed by atoms with Crippen molar-refractivity contribution in [3.05, 3.63) is 30.0 Å². The van der Waals surface area contributed by atoms with E-state index >= 15 is 0 Å². The van der Waals surface area contributed by atoms with Crippen LogP contribution in [0.25, 0.3) is 10.9 Å². The fraction of sp³-hybridized carbons (Fsp3) is 0.273. The maximum atomic E-state index is 5.71. The Morgan fingerprint density at radius 3 is 3.00 bits per heavy atom. The van der Waals surface area contributed by atoms with Crippen LogP contribution in [0.1, 0.15) is 12.6 Å². The molecule has 0 radical (unpaired) electrons. The van der Waals surface area contributed by atoms with Crippen molar-refractivity contribution >= 4 is 28.4 Å². The summed E-state index contributed by atoms with van der Waals surface area (Å²) in [4.78, 5) is 3.38. The number of aromatic nitrogens is 1. The topological polar surface area (TPSA) is 41.8 Å². The third-order valence-corrected chi connectivity index (χ3v) is 3.09. The van der Waals surface area contributed by atoms with E-state index in [-0.39, 0.29) is 0 Å². The van der Waals surface area contributed by atoms with Gasteiger partial charge in [0.25, 0.3) is 0 Å². The molecule has 0 aliphatic carbocycles. The predicted octanol–water partition coefficient (Wildman–Crippen LogP) is 3.00. The number of anilines is 1. The van der Waals surface area contributed by atoms with Crippen LogP contribution in [0.4, 0.5) is 5.69 Å². The Kier molecular flexibility index (Phi) is 2.68. The molecule has 74 valence electrons. The second-order valence-electron chi connectivity index (χ2n) is 3.28. The molecule has 0 saturated carbocycles. The maximum absolute atomic E-state index is 5.71. The van der Waals surface area contributed by atoms with Crippen LogP contribution in [0, 0.1) is 0 Å². The van der Waals surface area contributed by atoms with E-state index in [4.69, 9.17) is 5.73 Å². The maximum Gasteiger partial charge on any atom is 0.0457 e. The van der Waals surface area contributed by atoms with Gasteiger partial charge in [0.2, 0.25) is 0 Å². The summed E-state index contributed by atoms with van der Waals surface area (Å²) >= 11 is 1.92. The van der Waals surface area contributed by atoms with Crippen LogP contribution in [0.5, 0.6) is 0 Å². The summed E-state index contributed by atoms with van der Waals surface area (Å²) in [6.45, 7) is 2.17. The fourth-order valence-corrected chi connectivity index (χ4v) is 2.08. The van der Waals surface area contributed by atoms with Gasteiger partial charge in [-0.1, -0.05) is 6.92 Å². The molecular weight excluding hydrogens is 192 g/mol. The first-order valence-electron chi connectivity index (χ1n) is 4.74. The van der Waals surface area contributed by atoms with Crippen molar-refractivity contribution in [1.82, 2.24) is 4.98 Å². The van der Waals surface area contributed by atoms with Gasteiger partial charge in [0.05, 0.1) is 0 Å². The van der Waals surface area contributed by atoms with Crippen molar-refractivity contribution in [3.63, 3.8) is 0 Å². The molecule has 3 N–H and O–H groups in total. The lowest BCUT2D eigenvalue weighted by molar-refractivity contribution is 1.26. The third-order valence-electron chi connectivity index (χ3n) is 2.16. The van der Waals surface area contributed by atoms with Crippen LogP contribution in [0.15, 0.2) is 24.3 Å². The molecule has 0 spiro atoms. The number of H-pyrrole nitrogens is 1. The molecular formula is C11H14N2S. The van der Waals surface area contributed by atoms with E-state index in [1.54, 1.807) is 0 Å². The second-order valence-corrected chi connectivity index (χ2v) is 4.55. The molecule has 14 heavy (non-hydrogen) atoms. The van der Waals surface area contributed by atoms with Crippen LogP contribution in [0.3, 0.4) is 0 Å². The smallest absolute Gasteiger partial charge is 0.0457 e. The van der Waals surface area contributed by atoms with Crippen molar-refractivity contribution < 1.29 is 0 Å². The number of rotatable bonds is 3. The number of nitrogen functional groups attached to an aromatic ring is 1. The molecule has 2 nitrogen and oxygen atoms in total. The van der Waals surface area contributed by atoms with Crippen LogP contribution in [0.2, 0.25) is 0 Å². The standard InChI is InChI=1S/C11H14N2S/c1-2-14-7-10-6-8-5-9(12)3-4-11(8)13-10/h3-6,13H,2,7,12H2,1H3. The minimum absolute atomic E-state index is 0.825. The Labute approximate surface area is 87.9 Å². The zero-order chi connectivity index (χ0) is 9.97. The van der Waals surface area contributed by atoms with Crippen molar-refractivity contribution in [3.8, 4) is 0 Å². The Bertz CT molecular complexity index is 434. The lowest BCUT2D eigenvalue weighted by Crippen LogP contribution is -1.81. The number of nitrogens with two attached hydrogens (primary N) is 1. The Morgan fingerprint density at radius 1 is 1.36 bits per heavy atom. The summed E-state index contributed by atoms with van der Waals surface area (Å²) in [5, 5.41) is 1.21. The summed E-state index contributed by atoms with van der Waals surface area (Å²) in [6, 6.07) is 8.14. The first-order valence-corrected chi connectivity index (χ1v) is 5.90. The lowest BCUT2D eigenvalue weighted by Gasteiger charge is -1.93. The zero-order valence-electron chi connectivity index (χ0n) is 8.21. The first kappa shape index (κ1) is 9.46. The van der Waals surface area contributed by atoms with Gasteiger partial charge in [0.15, 0.2) is 0 Å². The molecule has 2 rings (SSSR count). The number of thioether (sulfide) groups is 1. The normalized spacial score (nSPS) is 10.9. The first-order chi connectivity index (χ1) is 6.79. The molecule has 0 atom stereocenters. The van der Waals surface area contributed by atoms with Gasteiger partial charge < -0.3 is 10.7 Å². The molecule has 0 aliphatic heterocycles. The summed E-state index contributed by atoms with van der Waals surface area (Å²) in [6.07, 6.45) is 0. The molecule has 1 heterocycles. The summed E-state index contributed by atoms with van der Waals surface area (Å²) < 4.78 is 0. The predicted molar refractivity (Wildman–Crippen MR) is 64.5 cm³/mol. The monoisotopic (exact) mass is 206 g/mol. The molecule has 1 aromatic heterocycles. The van der Waals surface area contributed by atoms with Crippen molar-refractivity contribution in [1.29, 1.82) is 0 Å². The van der Waals surface area contributed by atoms with Gasteiger partial charge in [-0.25, -0.2) is 0 Å². The van der Waals surface area contributed by atoms with Crippen molar-refractivity contribution in [2.24, 2.45) is 0 Å². The Morgan fingerprint density at radius 2 is 2.21 bits per heavy atom. The van der Waals surface area contributed by atoms with E-state index in [0.29, 0.717) is 0 Å². The van der Waals surface area contributed by atoms with Crippen LogP contribution in [-0.4, -0.2) is 10.7 Å². The van der Waals surface area contributed by atoms with Gasteiger partial charge in [-0.2, -0.15) is 11.8 Å². The number of hydrogen-bond donors (Lipinski definition) is 2. The Hall–Kier alpha value is -1.09. The minimum atomic E-state index is 0.825. The zero-order valence-corrected chi connectivity index (χ0v) is 9.03. The van der Waals surface area contributed by atoms with Gasteiger partial charge in [0.1, 0.15) is 0 Å². The van der Waals surface area contributed by atoms with Gasteiger partial charge in [0, 0.05) is 28.0 Å². The second kappa shape index (κ2) is 3.96. The number of nitrogens with one attached hydrogen (secondary N) is 1. The quantitative estimate of drug-likeness (QED) is 0.758. The molecule has 3 heteroatoms. The number of fused-ring (bicyclic) bond motifs is 1. The van der Waals surface area contributed by atoms with Crippen LogP contribution in [-0.2, 0) is 5.75 Å². The van der Waals surface area contributed by atoms with E-state index in [1.165, 1.54) is 16.6 Å². The van der Waals surface area contributed by atoms with Crippen molar-refractivity contribution in [2.75, 3.05) is 11.5 Å². The van der Waals surface area contributed by atoms with Gasteiger partial charge in [-0.15, -0.1) is 0 Å². The lowest BCUT2D eigenvalue weighted by atomic mass is 10.2. The third kappa shape index (κ3) is 1.87. The molecule has 1 aromatic carbocycles. The van der Waals surface area contributed by atoms with E-state index in [0.717, 1.165) is 17.2 Å². The molecule has 0 aliphatic rings. The molecule has 0 fully saturated rings. The highest BCUT2D eigenvalue weighted by atomic mass is 32.2. The highest BCUT2D eigenvalue weighted by Crippen LogP contribution is 2.20. The number of benzene rings is 1. The SMILES string of the molecule is CCSCc1cc2cc(N)ccc2[nH]1. The summed E-state index contributed by atoms with van der Waals surface area (Å²) in [7, 11) is 0. The highest BCUT2D eigenvalue weighted by Gasteiger charge is 2.00. The average Bonchev–Trinajstić information content (AvgIpc) is 2.56. The molecule has 0 amide bonds. The van der Waals surface area contributed by atoms with Crippen LogP contribution < -0.4 is 5.73 Å². The van der Waals surface area contributed by atoms with E-state index in [1.807, 2.05) is 30.0 Å². The average molecular weight is 206 g/mol. The largest absolute Gasteiger partial charge is 0.399 e. The molecule has 2 aromatic rings. The van der Waals surface area contributed by atoms with E-state index < -0.39 is 0 Å². The molecule has 0 unspecified atom stereocenters. The summed E-state index contributed by atoms with van der Waals surface area (Å²) in [5.41, 5.74) is 8.99. The highest BCUT2D eigenvalue weighted by molar-refractivity contribution is 7.98. The molecule has 0 bridgehead atoms. The van der Waals surface area contributed by atoms with E-state index in [2.05, 4.69) is 18.0 Å². The Balaban J connectivity index is 2.32. The minimum Gasteiger partial charge on any atom is -0.399 e. The van der Waals surface area contributed by atoms with Gasteiger partial charge >= 0.3 is 0 Å². The van der Waals surface area contributed by atoms with Gasteiger partial charge in [-0.05, 0) is 30.0 Å².